The molecule has 0 bridgehead atoms. The summed E-state index contributed by atoms with van der Waals surface area (Å²) >= 11 is 0. The van der Waals surface area contributed by atoms with Crippen molar-refractivity contribution in [1.82, 2.24) is 5.32 Å². The molecule has 0 aromatic heterocycles. The molecule has 2 aromatic carbocycles. The van der Waals surface area contributed by atoms with Gasteiger partial charge in [-0.3, -0.25) is 9.10 Å². The Kier molecular flexibility index (Phi) is 5.85. The molecule has 0 heterocycles. The monoisotopic (exact) mass is 360 g/mol. The number of carbonyl (C=O) groups is 1. The van der Waals surface area contributed by atoms with Crippen LogP contribution >= 0.6 is 0 Å². The van der Waals surface area contributed by atoms with E-state index in [1.807, 2.05) is 50.2 Å². The van der Waals surface area contributed by atoms with Gasteiger partial charge in [0.05, 0.1) is 11.9 Å². The Balaban J connectivity index is 2.17. The number of benzene rings is 2. The maximum Gasteiger partial charge on any atom is 0.243 e. The Morgan fingerprint density at radius 2 is 1.72 bits per heavy atom. The second-order valence-electron chi connectivity index (χ2n) is 6.28. The van der Waals surface area contributed by atoms with Gasteiger partial charge in [-0.25, -0.2) is 8.42 Å². The van der Waals surface area contributed by atoms with E-state index in [-0.39, 0.29) is 5.91 Å². The molecule has 0 aliphatic carbocycles. The van der Waals surface area contributed by atoms with Gasteiger partial charge in [0.2, 0.25) is 15.9 Å². The lowest BCUT2D eigenvalue weighted by atomic mass is 10.1. The third kappa shape index (κ3) is 5.06. The normalized spacial score (nSPS) is 12.5. The standard InChI is InChI=1S/C19H24N2O3S/c1-14-8-10-18(11-9-14)21(25(4,23)24)16(3)19(22)20-13-17-7-5-6-15(2)12-17/h5-12,16H,13H2,1-4H3,(H,20,22)/t16-/m1/s1. The number of sulfonamides is 1. The zero-order valence-electron chi connectivity index (χ0n) is 15.0. The molecule has 0 unspecified atom stereocenters. The molecule has 2 rings (SSSR count). The van der Waals surface area contributed by atoms with Gasteiger partial charge in [-0.05, 0) is 38.5 Å². The van der Waals surface area contributed by atoms with E-state index >= 15 is 0 Å². The van der Waals surface area contributed by atoms with E-state index in [1.54, 1.807) is 19.1 Å². The molecule has 5 nitrogen and oxygen atoms in total. The van der Waals surface area contributed by atoms with Crippen molar-refractivity contribution in [2.45, 2.75) is 33.4 Å². The summed E-state index contributed by atoms with van der Waals surface area (Å²) < 4.78 is 25.6. The van der Waals surface area contributed by atoms with Gasteiger partial charge in [-0.1, -0.05) is 47.5 Å². The van der Waals surface area contributed by atoms with Crippen LogP contribution < -0.4 is 9.62 Å². The number of amides is 1. The van der Waals surface area contributed by atoms with Gasteiger partial charge in [0.15, 0.2) is 0 Å². The zero-order valence-corrected chi connectivity index (χ0v) is 15.8. The molecule has 0 aliphatic heterocycles. The summed E-state index contributed by atoms with van der Waals surface area (Å²) in [6, 6.07) is 14.0. The number of nitrogens with one attached hydrogen (secondary N) is 1. The van der Waals surface area contributed by atoms with Crippen LogP contribution in [0.15, 0.2) is 48.5 Å². The first kappa shape index (κ1) is 19.0. The average molecular weight is 360 g/mol. The fourth-order valence-corrected chi connectivity index (χ4v) is 3.83. The van der Waals surface area contributed by atoms with Crippen LogP contribution in [0.3, 0.4) is 0 Å². The van der Waals surface area contributed by atoms with Crippen molar-refractivity contribution in [3.05, 3.63) is 65.2 Å². The maximum absolute atomic E-state index is 12.5. The number of hydrogen-bond acceptors (Lipinski definition) is 3. The molecule has 134 valence electrons. The van der Waals surface area contributed by atoms with E-state index in [2.05, 4.69) is 5.32 Å². The molecule has 25 heavy (non-hydrogen) atoms. The molecular formula is C19H24N2O3S. The number of nitrogens with zero attached hydrogens (tertiary/aromatic N) is 1. The van der Waals surface area contributed by atoms with Crippen LogP contribution in [-0.2, 0) is 21.4 Å². The van der Waals surface area contributed by atoms with Crippen molar-refractivity contribution in [2.75, 3.05) is 10.6 Å². The van der Waals surface area contributed by atoms with Gasteiger partial charge in [0.25, 0.3) is 0 Å². The SMILES string of the molecule is Cc1ccc(N([C@H](C)C(=O)NCc2cccc(C)c2)S(C)(=O)=O)cc1. The molecule has 0 radical (unpaired) electrons. The Hall–Kier alpha value is -2.34. The van der Waals surface area contributed by atoms with Gasteiger partial charge in [-0.2, -0.15) is 0 Å². The van der Waals surface area contributed by atoms with Crippen molar-refractivity contribution in [3.63, 3.8) is 0 Å². The van der Waals surface area contributed by atoms with Gasteiger partial charge < -0.3 is 5.32 Å². The molecule has 0 saturated carbocycles. The van der Waals surface area contributed by atoms with Crippen molar-refractivity contribution >= 4 is 21.6 Å². The number of carbonyl (C=O) groups excluding carboxylic acids is 1. The van der Waals surface area contributed by atoms with Crippen molar-refractivity contribution in [1.29, 1.82) is 0 Å². The fourth-order valence-electron chi connectivity index (χ4n) is 2.66. The van der Waals surface area contributed by atoms with E-state index in [0.29, 0.717) is 12.2 Å². The fraction of sp³-hybridized carbons (Fsp3) is 0.316. The predicted molar refractivity (Wildman–Crippen MR) is 101 cm³/mol. The molecule has 2 aromatic rings. The summed E-state index contributed by atoms with van der Waals surface area (Å²) in [5.74, 6) is -0.340. The van der Waals surface area contributed by atoms with Crippen LogP contribution in [0.4, 0.5) is 5.69 Å². The van der Waals surface area contributed by atoms with Crippen molar-refractivity contribution < 1.29 is 13.2 Å². The molecule has 1 amide bonds. The first-order chi connectivity index (χ1) is 11.7. The minimum absolute atomic E-state index is 0.340. The Bertz CT molecular complexity index is 845. The van der Waals surface area contributed by atoms with Gasteiger partial charge in [0.1, 0.15) is 6.04 Å². The van der Waals surface area contributed by atoms with Crippen LogP contribution in [0, 0.1) is 13.8 Å². The number of rotatable bonds is 6. The van der Waals surface area contributed by atoms with Gasteiger partial charge in [0, 0.05) is 6.54 Å². The highest BCUT2D eigenvalue weighted by molar-refractivity contribution is 7.92. The summed E-state index contributed by atoms with van der Waals surface area (Å²) in [6.45, 7) is 5.85. The molecule has 0 spiro atoms. The lowest BCUT2D eigenvalue weighted by molar-refractivity contribution is -0.122. The molecule has 6 heteroatoms. The van der Waals surface area contributed by atoms with Crippen molar-refractivity contribution in [2.24, 2.45) is 0 Å². The van der Waals surface area contributed by atoms with Crippen LogP contribution in [0.25, 0.3) is 0 Å². The predicted octanol–water partition coefficient (Wildman–Crippen LogP) is 2.77. The molecule has 0 fully saturated rings. The third-order valence-corrected chi connectivity index (χ3v) is 5.17. The summed E-state index contributed by atoms with van der Waals surface area (Å²) in [6.07, 6.45) is 1.11. The van der Waals surface area contributed by atoms with E-state index in [4.69, 9.17) is 0 Å². The van der Waals surface area contributed by atoms with Gasteiger partial charge in [-0.15, -0.1) is 0 Å². The van der Waals surface area contributed by atoms with Crippen molar-refractivity contribution in [3.8, 4) is 0 Å². The summed E-state index contributed by atoms with van der Waals surface area (Å²) in [5.41, 5.74) is 3.58. The quantitative estimate of drug-likeness (QED) is 0.861. The lowest BCUT2D eigenvalue weighted by Gasteiger charge is -2.28. The number of hydrogen-bond donors (Lipinski definition) is 1. The van der Waals surface area contributed by atoms with Crippen LogP contribution in [-0.4, -0.2) is 26.6 Å². The van der Waals surface area contributed by atoms with Crippen LogP contribution in [0.2, 0.25) is 0 Å². The molecule has 0 aliphatic rings. The highest BCUT2D eigenvalue weighted by atomic mass is 32.2. The van der Waals surface area contributed by atoms with Crippen LogP contribution in [0.1, 0.15) is 23.6 Å². The Morgan fingerprint density at radius 1 is 1.08 bits per heavy atom. The first-order valence-electron chi connectivity index (χ1n) is 8.08. The Labute approximate surface area is 149 Å². The highest BCUT2D eigenvalue weighted by Crippen LogP contribution is 2.21. The van der Waals surface area contributed by atoms with E-state index in [9.17, 15) is 13.2 Å². The minimum Gasteiger partial charge on any atom is -0.350 e. The maximum atomic E-state index is 12.5. The molecule has 1 N–H and O–H groups in total. The second-order valence-corrected chi connectivity index (χ2v) is 8.14. The highest BCUT2D eigenvalue weighted by Gasteiger charge is 2.28. The zero-order chi connectivity index (χ0) is 18.6. The topological polar surface area (TPSA) is 66.5 Å². The second kappa shape index (κ2) is 7.70. The number of anilines is 1. The summed E-state index contributed by atoms with van der Waals surface area (Å²) in [7, 11) is -3.59. The third-order valence-electron chi connectivity index (χ3n) is 3.93. The lowest BCUT2D eigenvalue weighted by Crippen LogP contribution is -2.47. The Morgan fingerprint density at radius 3 is 2.28 bits per heavy atom. The molecular weight excluding hydrogens is 336 g/mol. The molecule has 1 atom stereocenters. The van der Waals surface area contributed by atoms with E-state index < -0.39 is 16.1 Å². The van der Waals surface area contributed by atoms with Gasteiger partial charge >= 0.3 is 0 Å². The number of aryl methyl sites for hydroxylation is 2. The first-order valence-corrected chi connectivity index (χ1v) is 9.92. The minimum atomic E-state index is -3.59. The summed E-state index contributed by atoms with van der Waals surface area (Å²) in [4.78, 5) is 12.5. The summed E-state index contributed by atoms with van der Waals surface area (Å²) in [5, 5.41) is 2.81. The largest absolute Gasteiger partial charge is 0.350 e. The van der Waals surface area contributed by atoms with E-state index in [1.165, 1.54) is 0 Å². The van der Waals surface area contributed by atoms with Crippen LogP contribution in [0.5, 0.6) is 0 Å². The average Bonchev–Trinajstić information content (AvgIpc) is 2.53. The van der Waals surface area contributed by atoms with E-state index in [0.717, 1.165) is 27.3 Å². The smallest absolute Gasteiger partial charge is 0.243 e. The molecule has 0 saturated heterocycles.